The van der Waals surface area contributed by atoms with Gasteiger partial charge in [-0.05, 0) is 22.4 Å². The summed E-state index contributed by atoms with van der Waals surface area (Å²) >= 11 is 6.21. The first-order valence-electron chi connectivity index (χ1n) is 9.19. The lowest BCUT2D eigenvalue weighted by Gasteiger charge is -2.16. The van der Waals surface area contributed by atoms with Crippen LogP contribution in [0.2, 0.25) is 5.02 Å². The standard InChI is InChI=1S/C20H22ClN5O4.ClH/c1-28-16-8-4-6-13(18(16)29-12-14-5-2-3-7-15(14)21)11-23-9-10-24-20(27)17-19(22)26-30-25-17;/h2-8,23H,9-12H2,1H3,(H2,22,26)(H,24,27);1H. The summed E-state index contributed by atoms with van der Waals surface area (Å²) in [6, 6.07) is 13.2. The molecule has 0 spiro atoms. The summed E-state index contributed by atoms with van der Waals surface area (Å²) in [5.74, 6) is 0.777. The summed E-state index contributed by atoms with van der Waals surface area (Å²) in [7, 11) is 1.59. The molecular weight excluding hydrogens is 445 g/mol. The highest BCUT2D eigenvalue weighted by molar-refractivity contribution is 6.31. The summed E-state index contributed by atoms with van der Waals surface area (Å²) < 4.78 is 15.9. The van der Waals surface area contributed by atoms with E-state index in [0.717, 1.165) is 11.1 Å². The molecule has 9 nitrogen and oxygen atoms in total. The number of methoxy groups -OCH3 is 1. The van der Waals surface area contributed by atoms with Gasteiger partial charge in [0.2, 0.25) is 11.5 Å². The van der Waals surface area contributed by atoms with Crippen LogP contribution >= 0.6 is 24.0 Å². The number of rotatable bonds is 10. The number of halogens is 2. The number of nitrogens with zero attached hydrogens (tertiary/aromatic N) is 2. The Morgan fingerprint density at radius 3 is 2.61 bits per heavy atom. The number of nitrogens with two attached hydrogens (primary N) is 1. The minimum atomic E-state index is -0.444. The van der Waals surface area contributed by atoms with Gasteiger partial charge in [0.1, 0.15) is 6.61 Å². The molecule has 0 atom stereocenters. The molecule has 0 bridgehead atoms. The lowest BCUT2D eigenvalue weighted by molar-refractivity contribution is 0.0944. The van der Waals surface area contributed by atoms with E-state index >= 15 is 0 Å². The Morgan fingerprint density at radius 2 is 1.90 bits per heavy atom. The van der Waals surface area contributed by atoms with Crippen molar-refractivity contribution < 1.29 is 18.9 Å². The Kier molecular flexibility index (Phi) is 9.39. The maximum Gasteiger partial charge on any atom is 0.277 e. The first-order chi connectivity index (χ1) is 14.6. The molecule has 0 aliphatic heterocycles. The lowest BCUT2D eigenvalue weighted by Crippen LogP contribution is -2.32. The second-order valence-corrected chi connectivity index (χ2v) is 6.67. The molecule has 11 heteroatoms. The van der Waals surface area contributed by atoms with Gasteiger partial charge in [-0.1, -0.05) is 41.9 Å². The zero-order valence-corrected chi connectivity index (χ0v) is 18.3. The average Bonchev–Trinajstić information content (AvgIpc) is 3.19. The average molecular weight is 468 g/mol. The molecule has 0 aliphatic rings. The van der Waals surface area contributed by atoms with Crippen LogP contribution in [0.3, 0.4) is 0 Å². The molecule has 0 saturated carbocycles. The Labute approximate surface area is 190 Å². The molecular formula is C20H23Cl2N5O4. The Bertz CT molecular complexity index is 999. The highest BCUT2D eigenvalue weighted by Gasteiger charge is 2.15. The van der Waals surface area contributed by atoms with Gasteiger partial charge in [0.15, 0.2) is 11.5 Å². The van der Waals surface area contributed by atoms with Crippen LogP contribution in [0.5, 0.6) is 11.5 Å². The quantitative estimate of drug-likeness (QED) is 0.388. The largest absolute Gasteiger partial charge is 0.493 e. The maximum absolute atomic E-state index is 11.9. The molecule has 1 aromatic heterocycles. The van der Waals surface area contributed by atoms with Crippen molar-refractivity contribution in [2.75, 3.05) is 25.9 Å². The predicted molar refractivity (Wildman–Crippen MR) is 119 cm³/mol. The number of carbonyl (C=O) groups is 1. The second kappa shape index (κ2) is 12.0. The van der Waals surface area contributed by atoms with Crippen molar-refractivity contribution in [3.63, 3.8) is 0 Å². The van der Waals surface area contributed by atoms with Gasteiger partial charge in [0.25, 0.3) is 5.91 Å². The molecule has 3 rings (SSSR count). The van der Waals surface area contributed by atoms with Gasteiger partial charge >= 0.3 is 0 Å². The van der Waals surface area contributed by atoms with Crippen LogP contribution in [0, 0.1) is 0 Å². The van der Waals surface area contributed by atoms with Crippen molar-refractivity contribution >= 4 is 35.7 Å². The monoisotopic (exact) mass is 467 g/mol. The molecule has 1 heterocycles. The summed E-state index contributed by atoms with van der Waals surface area (Å²) in [5, 5.41) is 13.4. The summed E-state index contributed by atoms with van der Waals surface area (Å²) in [6.45, 7) is 1.71. The highest BCUT2D eigenvalue weighted by atomic mass is 35.5. The SMILES string of the molecule is COc1cccc(CNCCNC(=O)c2nonc2N)c1OCc1ccccc1Cl.Cl. The normalized spacial score (nSPS) is 10.3. The molecule has 31 heavy (non-hydrogen) atoms. The van der Waals surface area contributed by atoms with E-state index in [1.807, 2.05) is 42.5 Å². The zero-order valence-electron chi connectivity index (χ0n) is 16.8. The molecule has 0 saturated heterocycles. The van der Waals surface area contributed by atoms with Crippen LogP contribution in [0.25, 0.3) is 0 Å². The van der Waals surface area contributed by atoms with Crippen molar-refractivity contribution in [3.8, 4) is 11.5 Å². The number of amides is 1. The topological polar surface area (TPSA) is 125 Å². The van der Waals surface area contributed by atoms with Gasteiger partial charge in [-0.25, -0.2) is 4.63 Å². The van der Waals surface area contributed by atoms with Crippen LogP contribution in [-0.4, -0.2) is 36.4 Å². The van der Waals surface area contributed by atoms with E-state index < -0.39 is 5.91 Å². The van der Waals surface area contributed by atoms with Gasteiger partial charge < -0.3 is 25.8 Å². The van der Waals surface area contributed by atoms with Crippen molar-refractivity contribution in [1.29, 1.82) is 0 Å². The van der Waals surface area contributed by atoms with E-state index in [1.54, 1.807) is 7.11 Å². The van der Waals surface area contributed by atoms with Crippen LogP contribution in [0.15, 0.2) is 47.1 Å². The van der Waals surface area contributed by atoms with Crippen molar-refractivity contribution in [3.05, 3.63) is 64.3 Å². The summed E-state index contributed by atoms with van der Waals surface area (Å²) in [5.41, 5.74) is 7.26. The number of benzene rings is 2. The van der Waals surface area contributed by atoms with Crippen LogP contribution in [0.1, 0.15) is 21.6 Å². The molecule has 1 amide bonds. The van der Waals surface area contributed by atoms with Crippen molar-refractivity contribution in [2.24, 2.45) is 0 Å². The number of hydrogen-bond donors (Lipinski definition) is 3. The second-order valence-electron chi connectivity index (χ2n) is 6.26. The van der Waals surface area contributed by atoms with Gasteiger partial charge in [-0.3, -0.25) is 4.79 Å². The maximum atomic E-state index is 11.9. The van der Waals surface area contributed by atoms with Crippen molar-refractivity contribution in [2.45, 2.75) is 13.2 Å². The first kappa shape index (κ1) is 24.3. The highest BCUT2D eigenvalue weighted by Crippen LogP contribution is 2.32. The molecule has 0 unspecified atom stereocenters. The Balaban J connectivity index is 0.00000341. The van der Waals surface area contributed by atoms with Crippen LogP contribution in [-0.2, 0) is 13.2 Å². The van der Waals surface area contributed by atoms with Crippen LogP contribution < -0.4 is 25.8 Å². The molecule has 3 aromatic rings. The lowest BCUT2D eigenvalue weighted by atomic mass is 10.1. The fraction of sp³-hybridized carbons (Fsp3) is 0.250. The van der Waals surface area contributed by atoms with E-state index in [2.05, 4.69) is 25.6 Å². The predicted octanol–water partition coefficient (Wildman–Crippen LogP) is 2.83. The van der Waals surface area contributed by atoms with E-state index in [1.165, 1.54) is 0 Å². The van der Waals surface area contributed by atoms with Gasteiger partial charge in [0.05, 0.1) is 7.11 Å². The summed E-state index contributed by atoms with van der Waals surface area (Å²) in [6.07, 6.45) is 0. The number of aromatic nitrogens is 2. The van der Waals surface area contributed by atoms with Gasteiger partial charge in [-0.15, -0.1) is 12.4 Å². The molecule has 4 N–H and O–H groups in total. The summed E-state index contributed by atoms with van der Waals surface area (Å²) in [4.78, 5) is 11.9. The zero-order chi connectivity index (χ0) is 21.3. The molecule has 2 aromatic carbocycles. The van der Waals surface area contributed by atoms with E-state index in [-0.39, 0.29) is 23.9 Å². The Hall–Kier alpha value is -3.01. The smallest absolute Gasteiger partial charge is 0.277 e. The number of para-hydroxylation sites is 1. The van der Waals surface area contributed by atoms with Gasteiger partial charge in [0, 0.05) is 35.8 Å². The molecule has 0 fully saturated rings. The van der Waals surface area contributed by atoms with E-state index in [4.69, 9.17) is 26.8 Å². The fourth-order valence-corrected chi connectivity index (χ4v) is 2.90. The third-order valence-electron chi connectivity index (χ3n) is 4.24. The van der Waals surface area contributed by atoms with Gasteiger partial charge in [-0.2, -0.15) is 0 Å². The van der Waals surface area contributed by atoms with E-state index in [0.29, 0.717) is 42.8 Å². The third-order valence-corrected chi connectivity index (χ3v) is 4.61. The Morgan fingerprint density at radius 1 is 1.13 bits per heavy atom. The number of hydrogen-bond acceptors (Lipinski definition) is 8. The van der Waals surface area contributed by atoms with Crippen LogP contribution in [0.4, 0.5) is 5.82 Å². The van der Waals surface area contributed by atoms with E-state index in [9.17, 15) is 4.79 Å². The first-order valence-corrected chi connectivity index (χ1v) is 9.57. The fourth-order valence-electron chi connectivity index (χ4n) is 2.71. The number of nitrogen functional groups attached to an aromatic ring is 1. The number of nitrogens with one attached hydrogen (secondary N) is 2. The molecule has 0 aliphatic carbocycles. The number of ether oxygens (including phenoxy) is 2. The minimum absolute atomic E-state index is 0. The van der Waals surface area contributed by atoms with Crippen molar-refractivity contribution in [1.82, 2.24) is 20.9 Å². The molecule has 0 radical (unpaired) electrons. The minimum Gasteiger partial charge on any atom is -0.493 e. The number of carbonyl (C=O) groups excluding carboxylic acids is 1. The number of anilines is 1. The third kappa shape index (κ3) is 6.48. The molecule has 166 valence electrons.